The maximum absolute atomic E-state index is 12.5. The molecule has 2 amide bonds. The van der Waals surface area contributed by atoms with Crippen LogP contribution in [0.2, 0.25) is 0 Å². The molecular weight excluding hydrogens is 372 g/mol. The van der Waals surface area contributed by atoms with Crippen LogP contribution in [0.5, 0.6) is 0 Å². The second-order valence-electron chi connectivity index (χ2n) is 6.75. The van der Waals surface area contributed by atoms with Gasteiger partial charge in [-0.15, -0.1) is 0 Å². The summed E-state index contributed by atoms with van der Waals surface area (Å²) in [6.07, 6.45) is 0.595. The predicted octanol–water partition coefficient (Wildman–Crippen LogP) is 2.65. The Morgan fingerprint density at radius 1 is 0.897 bits per heavy atom. The first-order chi connectivity index (χ1) is 14.1. The molecular formula is C22H24N2O5. The fraction of sp³-hybridized carbons (Fsp3) is 0.318. The summed E-state index contributed by atoms with van der Waals surface area (Å²) in [5.41, 5.74) is 1.74. The molecule has 0 spiro atoms. The molecule has 0 aliphatic carbocycles. The number of ether oxygens (including phenoxy) is 2. The Kier molecular flexibility index (Phi) is 7.22. The Balaban J connectivity index is 1.43. The Morgan fingerprint density at radius 3 is 2.10 bits per heavy atom. The van der Waals surface area contributed by atoms with Crippen LogP contribution in [0.25, 0.3) is 0 Å². The van der Waals surface area contributed by atoms with Gasteiger partial charge in [-0.3, -0.25) is 4.79 Å². The second-order valence-corrected chi connectivity index (χ2v) is 6.75. The van der Waals surface area contributed by atoms with Gasteiger partial charge in [-0.05, 0) is 24.0 Å². The first-order valence-electron chi connectivity index (χ1n) is 9.58. The molecule has 7 nitrogen and oxygen atoms in total. The van der Waals surface area contributed by atoms with Gasteiger partial charge in [-0.25, -0.2) is 9.59 Å². The van der Waals surface area contributed by atoms with Crippen molar-refractivity contribution in [2.24, 2.45) is 0 Å². The third-order valence-electron chi connectivity index (χ3n) is 4.67. The number of nitrogens with one attached hydrogen (secondary N) is 1. The van der Waals surface area contributed by atoms with Crippen molar-refractivity contribution in [3.05, 3.63) is 71.8 Å². The topological polar surface area (TPSA) is 84.9 Å². The molecule has 0 bridgehead atoms. The molecule has 0 aromatic heterocycles. The summed E-state index contributed by atoms with van der Waals surface area (Å²) in [5.74, 6) is -0.757. The highest BCUT2D eigenvalue weighted by atomic mass is 16.5. The monoisotopic (exact) mass is 396 g/mol. The fourth-order valence-corrected chi connectivity index (χ4v) is 3.16. The van der Waals surface area contributed by atoms with Crippen LogP contribution in [0.4, 0.5) is 4.79 Å². The van der Waals surface area contributed by atoms with E-state index in [9.17, 15) is 14.4 Å². The normalized spacial score (nSPS) is 15.6. The van der Waals surface area contributed by atoms with Gasteiger partial charge in [0.2, 0.25) is 5.91 Å². The summed E-state index contributed by atoms with van der Waals surface area (Å²) in [6.45, 7) is 0.530. The number of rotatable bonds is 7. The minimum Gasteiger partial charge on any atom is -0.459 e. The zero-order valence-corrected chi connectivity index (χ0v) is 16.1. The second kappa shape index (κ2) is 10.3. The van der Waals surface area contributed by atoms with E-state index in [0.717, 1.165) is 17.5 Å². The Morgan fingerprint density at radius 2 is 1.48 bits per heavy atom. The Labute approximate surface area is 169 Å². The maximum atomic E-state index is 12.5. The van der Waals surface area contributed by atoms with E-state index in [1.54, 1.807) is 0 Å². The van der Waals surface area contributed by atoms with Crippen LogP contribution in [0, 0.1) is 0 Å². The van der Waals surface area contributed by atoms with Crippen LogP contribution in [0.15, 0.2) is 60.7 Å². The lowest BCUT2D eigenvalue weighted by Crippen LogP contribution is -2.46. The van der Waals surface area contributed by atoms with E-state index in [0.29, 0.717) is 13.0 Å². The smallest absolute Gasteiger partial charge is 0.407 e. The van der Waals surface area contributed by atoms with Crippen molar-refractivity contribution in [1.29, 1.82) is 0 Å². The first-order valence-corrected chi connectivity index (χ1v) is 9.58. The molecule has 1 N–H and O–H groups in total. The number of amides is 2. The first kappa shape index (κ1) is 20.4. The van der Waals surface area contributed by atoms with Crippen LogP contribution in [-0.4, -0.2) is 42.0 Å². The lowest BCUT2D eigenvalue weighted by molar-refractivity contribution is -0.154. The minimum absolute atomic E-state index is 0.124. The van der Waals surface area contributed by atoms with E-state index in [1.165, 1.54) is 4.90 Å². The molecule has 7 heteroatoms. The van der Waals surface area contributed by atoms with Crippen molar-refractivity contribution in [3.63, 3.8) is 0 Å². The van der Waals surface area contributed by atoms with Crippen molar-refractivity contribution >= 4 is 18.0 Å². The molecule has 2 aromatic rings. The summed E-state index contributed by atoms with van der Waals surface area (Å²) in [7, 11) is 0. The highest BCUT2D eigenvalue weighted by Crippen LogP contribution is 2.19. The molecule has 3 rings (SSSR count). The largest absolute Gasteiger partial charge is 0.459 e. The number of likely N-dealkylation sites (tertiary alicyclic amines) is 1. The van der Waals surface area contributed by atoms with E-state index in [4.69, 9.17) is 9.47 Å². The number of hydrogen-bond acceptors (Lipinski definition) is 5. The third kappa shape index (κ3) is 6.07. The van der Waals surface area contributed by atoms with Crippen molar-refractivity contribution in [1.82, 2.24) is 10.2 Å². The number of alkyl carbamates (subject to hydrolysis) is 1. The van der Waals surface area contributed by atoms with Gasteiger partial charge in [0, 0.05) is 6.54 Å². The van der Waals surface area contributed by atoms with Gasteiger partial charge in [-0.2, -0.15) is 0 Å². The summed E-state index contributed by atoms with van der Waals surface area (Å²) in [4.78, 5) is 38.1. The van der Waals surface area contributed by atoms with E-state index < -0.39 is 18.1 Å². The summed E-state index contributed by atoms with van der Waals surface area (Å²) < 4.78 is 10.5. The number of carbonyl (C=O) groups excluding carboxylic acids is 3. The van der Waals surface area contributed by atoms with Crippen LogP contribution in [0.1, 0.15) is 24.0 Å². The quantitative estimate of drug-likeness (QED) is 0.728. The van der Waals surface area contributed by atoms with E-state index >= 15 is 0 Å². The van der Waals surface area contributed by atoms with Crippen LogP contribution in [-0.2, 0) is 32.3 Å². The van der Waals surface area contributed by atoms with Crippen LogP contribution < -0.4 is 5.32 Å². The molecule has 1 aliphatic rings. The fourth-order valence-electron chi connectivity index (χ4n) is 3.16. The number of hydrogen-bond donors (Lipinski definition) is 1. The minimum atomic E-state index is -0.676. The van der Waals surface area contributed by atoms with Gasteiger partial charge in [0.15, 0.2) is 0 Å². The average molecular weight is 396 g/mol. The van der Waals surface area contributed by atoms with Gasteiger partial charge in [0.1, 0.15) is 25.8 Å². The SMILES string of the molecule is O=C(NCC(=O)N1CCC[C@@H]1C(=O)OCc1ccccc1)OCc1ccccc1. The highest BCUT2D eigenvalue weighted by molar-refractivity contribution is 5.87. The maximum Gasteiger partial charge on any atom is 0.407 e. The van der Waals surface area contributed by atoms with Crippen molar-refractivity contribution in [2.75, 3.05) is 13.1 Å². The Bertz CT molecular complexity index is 826. The summed E-state index contributed by atoms with van der Waals surface area (Å²) in [6, 6.07) is 18.0. The van der Waals surface area contributed by atoms with E-state index in [-0.39, 0.29) is 25.7 Å². The van der Waals surface area contributed by atoms with E-state index in [1.807, 2.05) is 60.7 Å². The molecule has 0 radical (unpaired) electrons. The zero-order chi connectivity index (χ0) is 20.5. The Hall–Kier alpha value is -3.35. The molecule has 152 valence electrons. The highest BCUT2D eigenvalue weighted by Gasteiger charge is 2.35. The zero-order valence-electron chi connectivity index (χ0n) is 16.1. The molecule has 1 fully saturated rings. The van der Waals surface area contributed by atoms with Gasteiger partial charge >= 0.3 is 12.1 Å². The molecule has 29 heavy (non-hydrogen) atoms. The molecule has 1 aliphatic heterocycles. The van der Waals surface area contributed by atoms with Gasteiger partial charge in [0.05, 0.1) is 0 Å². The predicted molar refractivity (Wildman–Crippen MR) is 106 cm³/mol. The van der Waals surface area contributed by atoms with Crippen molar-refractivity contribution in [2.45, 2.75) is 32.1 Å². The van der Waals surface area contributed by atoms with Crippen LogP contribution in [0.3, 0.4) is 0 Å². The summed E-state index contributed by atoms with van der Waals surface area (Å²) >= 11 is 0. The molecule has 1 saturated heterocycles. The lowest BCUT2D eigenvalue weighted by atomic mass is 10.2. The van der Waals surface area contributed by atoms with Crippen molar-refractivity contribution in [3.8, 4) is 0 Å². The summed E-state index contributed by atoms with van der Waals surface area (Å²) in [5, 5.41) is 2.44. The van der Waals surface area contributed by atoms with Crippen molar-refractivity contribution < 1.29 is 23.9 Å². The number of esters is 1. The molecule has 0 saturated carbocycles. The van der Waals surface area contributed by atoms with Gasteiger partial charge in [-0.1, -0.05) is 60.7 Å². The molecule has 1 atom stereocenters. The standard InChI is InChI=1S/C22H24N2O5/c25-20(14-23-22(27)29-16-18-10-5-2-6-11-18)24-13-7-12-19(24)21(26)28-15-17-8-3-1-4-9-17/h1-6,8-11,19H,7,12-16H2,(H,23,27)/t19-/m1/s1. The number of benzene rings is 2. The van der Waals surface area contributed by atoms with Gasteiger partial charge in [0.25, 0.3) is 0 Å². The molecule has 2 aromatic carbocycles. The third-order valence-corrected chi connectivity index (χ3v) is 4.67. The molecule has 1 heterocycles. The van der Waals surface area contributed by atoms with E-state index in [2.05, 4.69) is 5.32 Å². The average Bonchev–Trinajstić information content (AvgIpc) is 3.26. The number of nitrogens with zero attached hydrogens (tertiary/aromatic N) is 1. The molecule has 0 unspecified atom stereocenters. The lowest BCUT2D eigenvalue weighted by Gasteiger charge is -2.23. The van der Waals surface area contributed by atoms with Crippen LogP contribution >= 0.6 is 0 Å². The van der Waals surface area contributed by atoms with Gasteiger partial charge < -0.3 is 19.7 Å². The number of carbonyl (C=O) groups is 3.